The first-order valence-corrected chi connectivity index (χ1v) is 13.4. The van der Waals surface area contributed by atoms with E-state index in [4.69, 9.17) is 19.2 Å². The van der Waals surface area contributed by atoms with Gasteiger partial charge in [0.1, 0.15) is 5.75 Å². The molecule has 1 aliphatic heterocycles. The van der Waals surface area contributed by atoms with Gasteiger partial charge in [-0.3, -0.25) is 9.36 Å². The number of rotatable bonds is 7. The molecule has 0 amide bonds. The fourth-order valence-electron chi connectivity index (χ4n) is 4.53. The van der Waals surface area contributed by atoms with Crippen LogP contribution in [0.3, 0.4) is 0 Å². The first-order chi connectivity index (χ1) is 19.4. The van der Waals surface area contributed by atoms with E-state index in [1.165, 1.54) is 18.4 Å². The summed E-state index contributed by atoms with van der Waals surface area (Å²) in [5, 5.41) is 0. The average Bonchev–Trinajstić information content (AvgIpc) is 3.31. The lowest BCUT2D eigenvalue weighted by Gasteiger charge is -2.26. The highest BCUT2D eigenvalue weighted by Gasteiger charge is 2.35. The van der Waals surface area contributed by atoms with Gasteiger partial charge in [0, 0.05) is 5.56 Å². The minimum atomic E-state index is -0.778. The molecule has 0 spiro atoms. The maximum Gasteiger partial charge on any atom is 0.338 e. The van der Waals surface area contributed by atoms with E-state index in [1.54, 1.807) is 61.1 Å². The number of esters is 2. The zero-order valence-electron chi connectivity index (χ0n) is 22.1. The number of fused-ring (bicyclic) bond motifs is 1. The second kappa shape index (κ2) is 11.5. The Morgan fingerprint density at radius 2 is 1.65 bits per heavy atom. The van der Waals surface area contributed by atoms with Gasteiger partial charge in [-0.1, -0.05) is 65.9 Å². The molecule has 0 bridgehead atoms. The molecule has 3 aromatic carbocycles. The van der Waals surface area contributed by atoms with Gasteiger partial charge in [0.15, 0.2) is 4.80 Å². The monoisotopic (exact) mass is 554 g/mol. The van der Waals surface area contributed by atoms with Gasteiger partial charge in [-0.2, -0.15) is 0 Å². The van der Waals surface area contributed by atoms with Crippen molar-refractivity contribution in [2.24, 2.45) is 4.99 Å². The first-order valence-electron chi connectivity index (χ1n) is 12.6. The van der Waals surface area contributed by atoms with Gasteiger partial charge in [-0.25, -0.2) is 14.6 Å². The quantitative estimate of drug-likeness (QED) is 0.323. The topological polar surface area (TPSA) is 96.2 Å². The smallest absolute Gasteiger partial charge is 0.338 e. The first kappa shape index (κ1) is 26.8. The summed E-state index contributed by atoms with van der Waals surface area (Å²) < 4.78 is 17.6. The molecule has 0 N–H and O–H groups in total. The molecule has 202 valence electrons. The Morgan fingerprint density at radius 3 is 2.27 bits per heavy atom. The number of aromatic nitrogens is 1. The highest BCUT2D eigenvalue weighted by Crippen LogP contribution is 2.35. The largest absolute Gasteiger partial charge is 0.497 e. The van der Waals surface area contributed by atoms with Gasteiger partial charge in [0.25, 0.3) is 5.56 Å². The van der Waals surface area contributed by atoms with Crippen molar-refractivity contribution in [3.05, 3.63) is 126 Å². The van der Waals surface area contributed by atoms with Gasteiger partial charge in [0.05, 0.1) is 48.2 Å². The van der Waals surface area contributed by atoms with Crippen LogP contribution in [-0.4, -0.2) is 37.3 Å². The van der Waals surface area contributed by atoms with Crippen LogP contribution >= 0.6 is 11.3 Å². The van der Waals surface area contributed by atoms with Crippen LogP contribution < -0.4 is 19.6 Å². The molecule has 4 aromatic rings. The minimum Gasteiger partial charge on any atom is -0.497 e. The second-order valence-corrected chi connectivity index (χ2v) is 9.83. The van der Waals surface area contributed by atoms with Crippen LogP contribution in [-0.2, 0) is 14.3 Å². The van der Waals surface area contributed by atoms with Crippen LogP contribution in [0.4, 0.5) is 0 Å². The zero-order chi connectivity index (χ0) is 28.2. The number of methoxy groups -OCH3 is 2. The van der Waals surface area contributed by atoms with Crippen molar-refractivity contribution < 1.29 is 23.8 Å². The number of carbonyl (C=O) groups is 2. The third kappa shape index (κ3) is 5.11. The van der Waals surface area contributed by atoms with Crippen LogP contribution in [0.25, 0.3) is 11.8 Å². The summed E-state index contributed by atoms with van der Waals surface area (Å²) in [6.45, 7) is 1.91. The van der Waals surface area contributed by atoms with Gasteiger partial charge in [-0.05, 0) is 48.4 Å². The summed E-state index contributed by atoms with van der Waals surface area (Å²) in [6.07, 6.45) is 1.74. The summed E-state index contributed by atoms with van der Waals surface area (Å²) in [4.78, 5) is 44.5. The van der Waals surface area contributed by atoms with Crippen molar-refractivity contribution in [3.8, 4) is 5.75 Å². The number of nitrogens with zero attached hydrogens (tertiary/aromatic N) is 2. The van der Waals surface area contributed by atoms with Crippen LogP contribution in [0.1, 0.15) is 40.0 Å². The van der Waals surface area contributed by atoms with Crippen molar-refractivity contribution in [3.63, 3.8) is 0 Å². The second-order valence-electron chi connectivity index (χ2n) is 8.82. The maximum atomic E-state index is 13.9. The Morgan fingerprint density at radius 1 is 0.950 bits per heavy atom. The zero-order valence-corrected chi connectivity index (χ0v) is 22.9. The Labute approximate surface area is 234 Å². The highest BCUT2D eigenvalue weighted by molar-refractivity contribution is 7.07. The van der Waals surface area contributed by atoms with Gasteiger partial charge >= 0.3 is 11.9 Å². The average molecular weight is 555 g/mol. The Hall–Kier alpha value is -4.76. The van der Waals surface area contributed by atoms with Crippen molar-refractivity contribution in [2.45, 2.75) is 13.0 Å². The third-order valence-electron chi connectivity index (χ3n) is 6.43. The molecule has 40 heavy (non-hydrogen) atoms. The lowest BCUT2D eigenvalue weighted by molar-refractivity contribution is -0.138. The standard InChI is InChI=1S/C31H26N2O6S/c1-4-39-30(36)25-26(20-8-6-5-7-9-20)32-31-33(27(25)21-14-16-23(37-2)17-15-21)28(34)24(40-31)18-19-10-12-22(13-11-19)29(35)38-3/h5-18,27H,4H2,1-3H3/b24-18-/t27-/m0/s1. The fourth-order valence-corrected chi connectivity index (χ4v) is 5.53. The number of benzene rings is 3. The van der Waals surface area contributed by atoms with E-state index < -0.39 is 18.0 Å². The Balaban J connectivity index is 1.75. The summed E-state index contributed by atoms with van der Waals surface area (Å²) in [5.41, 5.74) is 3.02. The van der Waals surface area contributed by atoms with E-state index in [9.17, 15) is 14.4 Å². The molecule has 1 atom stereocenters. The highest BCUT2D eigenvalue weighted by atomic mass is 32.1. The summed E-state index contributed by atoms with van der Waals surface area (Å²) in [7, 11) is 2.90. The molecule has 0 aliphatic carbocycles. The van der Waals surface area contributed by atoms with Gasteiger partial charge < -0.3 is 14.2 Å². The number of ether oxygens (including phenoxy) is 3. The van der Waals surface area contributed by atoms with Crippen LogP contribution in [0, 0.1) is 0 Å². The molecule has 9 heteroatoms. The molecule has 8 nitrogen and oxygen atoms in total. The third-order valence-corrected chi connectivity index (χ3v) is 7.42. The van der Waals surface area contributed by atoms with Crippen molar-refractivity contribution in [1.82, 2.24) is 4.57 Å². The molecule has 1 aromatic heterocycles. The molecular formula is C31H26N2O6S. The Bertz CT molecular complexity index is 1770. The predicted octanol–water partition coefficient (Wildman–Crippen LogP) is 3.73. The van der Waals surface area contributed by atoms with Crippen LogP contribution in [0.15, 0.2) is 94.2 Å². The summed E-state index contributed by atoms with van der Waals surface area (Å²) in [6, 6.07) is 22.6. The van der Waals surface area contributed by atoms with E-state index >= 15 is 0 Å². The molecule has 0 unspecified atom stereocenters. The van der Waals surface area contributed by atoms with Crippen molar-refractivity contribution in [1.29, 1.82) is 0 Å². The van der Waals surface area contributed by atoms with Crippen LogP contribution in [0.5, 0.6) is 5.75 Å². The Kier molecular flexibility index (Phi) is 7.75. The normalized spacial score (nSPS) is 14.8. The van der Waals surface area contributed by atoms with E-state index in [1.807, 2.05) is 42.5 Å². The van der Waals surface area contributed by atoms with Gasteiger partial charge in [0.2, 0.25) is 0 Å². The van der Waals surface area contributed by atoms with E-state index in [0.29, 0.717) is 31.9 Å². The van der Waals surface area contributed by atoms with E-state index in [-0.39, 0.29) is 17.7 Å². The number of carbonyl (C=O) groups excluding carboxylic acids is 2. The van der Waals surface area contributed by atoms with E-state index in [0.717, 1.165) is 11.1 Å². The molecule has 5 rings (SSSR count). The molecule has 1 aliphatic rings. The molecule has 2 heterocycles. The molecule has 0 fully saturated rings. The number of hydrogen-bond donors (Lipinski definition) is 0. The van der Waals surface area contributed by atoms with Crippen LogP contribution in [0.2, 0.25) is 0 Å². The number of thiazole rings is 1. The molecule has 0 saturated heterocycles. The van der Waals surface area contributed by atoms with Crippen molar-refractivity contribution >= 4 is 35.0 Å². The lowest BCUT2D eigenvalue weighted by atomic mass is 9.93. The van der Waals surface area contributed by atoms with Crippen molar-refractivity contribution in [2.75, 3.05) is 20.8 Å². The van der Waals surface area contributed by atoms with E-state index in [2.05, 4.69) is 0 Å². The van der Waals surface area contributed by atoms with Gasteiger partial charge in [-0.15, -0.1) is 0 Å². The minimum absolute atomic E-state index is 0.172. The SMILES string of the molecule is CCOC(=O)C1=C(c2ccccc2)N=c2s/c(=C\c3ccc(C(=O)OC)cc3)c(=O)n2[C@H]1c1ccc(OC)cc1. The molecular weight excluding hydrogens is 528 g/mol. The lowest BCUT2D eigenvalue weighted by Crippen LogP contribution is -2.40. The maximum absolute atomic E-state index is 13.9. The fraction of sp³-hybridized carbons (Fsp3) is 0.161. The summed E-state index contributed by atoms with van der Waals surface area (Å²) >= 11 is 1.23. The molecule has 0 saturated carbocycles. The summed E-state index contributed by atoms with van der Waals surface area (Å²) in [5.74, 6) is -0.333. The molecule has 0 radical (unpaired) electrons. The number of hydrogen-bond acceptors (Lipinski definition) is 8. The predicted molar refractivity (Wildman–Crippen MR) is 152 cm³/mol.